The van der Waals surface area contributed by atoms with E-state index in [9.17, 15) is 19.0 Å². The summed E-state index contributed by atoms with van der Waals surface area (Å²) in [5.41, 5.74) is 0. The first kappa shape index (κ1) is 55.0. The van der Waals surface area contributed by atoms with Gasteiger partial charge in [-0.25, -0.2) is 0 Å². The number of nitrogens with zero attached hydrogens (tertiary/aromatic N) is 1. The molecule has 0 amide bonds. The van der Waals surface area contributed by atoms with Gasteiger partial charge in [-0.1, -0.05) is 206 Å². The molecule has 0 rings (SSSR count). The van der Waals surface area contributed by atoms with Crippen LogP contribution in [-0.2, 0) is 32.7 Å². The van der Waals surface area contributed by atoms with Crippen LogP contribution in [-0.4, -0.2) is 70.0 Å². The summed E-state index contributed by atoms with van der Waals surface area (Å²) in [6, 6.07) is 0. The zero-order valence-corrected chi connectivity index (χ0v) is 38.5. The van der Waals surface area contributed by atoms with Crippen LogP contribution in [0.5, 0.6) is 0 Å². The van der Waals surface area contributed by atoms with E-state index in [1.807, 2.05) is 21.1 Å². The standard InChI is InChI=1S/C46H92NO8P/c1-6-8-10-12-14-16-18-20-21-22-23-24-25-26-27-29-30-32-34-36-38-45(48)52-42-44(43-54-56(50,51)53-41-40-47(3,4)5)55-46(49)39-37-35-33-31-28-19-17-15-13-11-9-7-2/h44H,6-43H2,1-5H3. The molecule has 9 nitrogen and oxygen atoms in total. The maximum atomic E-state index is 12.7. The largest absolute Gasteiger partial charge is 0.756 e. The van der Waals surface area contributed by atoms with Crippen LogP contribution in [0.2, 0.25) is 0 Å². The van der Waals surface area contributed by atoms with Crippen LogP contribution < -0.4 is 4.89 Å². The highest BCUT2D eigenvalue weighted by Gasteiger charge is 2.21. The molecule has 0 aliphatic heterocycles. The Morgan fingerprint density at radius 3 is 1.14 bits per heavy atom. The Labute approximate surface area is 346 Å². The quantitative estimate of drug-likeness (QED) is 0.0259. The molecule has 2 atom stereocenters. The highest BCUT2D eigenvalue weighted by molar-refractivity contribution is 7.45. The molecule has 334 valence electrons. The van der Waals surface area contributed by atoms with E-state index in [4.69, 9.17) is 18.5 Å². The van der Waals surface area contributed by atoms with Gasteiger partial charge in [-0.2, -0.15) is 0 Å². The minimum atomic E-state index is -4.62. The highest BCUT2D eigenvalue weighted by Crippen LogP contribution is 2.38. The monoisotopic (exact) mass is 818 g/mol. The molecule has 56 heavy (non-hydrogen) atoms. The van der Waals surface area contributed by atoms with Gasteiger partial charge in [0, 0.05) is 12.8 Å². The average molecular weight is 818 g/mol. The third kappa shape index (κ3) is 42.6. The Hall–Kier alpha value is -0.990. The Balaban J connectivity index is 4.19. The molecule has 2 unspecified atom stereocenters. The normalized spacial score (nSPS) is 13.5. The van der Waals surface area contributed by atoms with Crippen molar-refractivity contribution in [2.75, 3.05) is 47.5 Å². The van der Waals surface area contributed by atoms with Crippen LogP contribution >= 0.6 is 7.82 Å². The zero-order valence-electron chi connectivity index (χ0n) is 37.6. The summed E-state index contributed by atoms with van der Waals surface area (Å²) < 4.78 is 33.9. The zero-order chi connectivity index (χ0) is 41.4. The fraction of sp³-hybridized carbons (Fsp3) is 0.957. The van der Waals surface area contributed by atoms with Crippen molar-refractivity contribution < 1.29 is 42.1 Å². The van der Waals surface area contributed by atoms with E-state index in [2.05, 4.69) is 13.8 Å². The van der Waals surface area contributed by atoms with Crippen LogP contribution in [0, 0.1) is 0 Å². The first-order valence-corrected chi connectivity index (χ1v) is 25.2. The van der Waals surface area contributed by atoms with E-state index in [-0.39, 0.29) is 32.0 Å². The molecule has 0 fully saturated rings. The molecule has 0 bridgehead atoms. The number of likely N-dealkylation sites (N-methyl/N-ethyl adjacent to an activating group) is 1. The second-order valence-electron chi connectivity index (χ2n) is 17.5. The van der Waals surface area contributed by atoms with Crippen molar-refractivity contribution in [3.05, 3.63) is 0 Å². The molecular formula is C46H92NO8P. The van der Waals surface area contributed by atoms with Crippen LogP contribution in [0.25, 0.3) is 0 Å². The number of hydrogen-bond donors (Lipinski definition) is 0. The number of hydrogen-bond acceptors (Lipinski definition) is 8. The molecule has 0 aromatic heterocycles. The third-order valence-corrected chi connectivity index (χ3v) is 11.6. The second-order valence-corrected chi connectivity index (χ2v) is 18.9. The molecular weight excluding hydrogens is 725 g/mol. The van der Waals surface area contributed by atoms with Crippen molar-refractivity contribution in [1.82, 2.24) is 0 Å². The van der Waals surface area contributed by atoms with Crippen LogP contribution in [0.4, 0.5) is 0 Å². The maximum Gasteiger partial charge on any atom is 0.306 e. The lowest BCUT2D eigenvalue weighted by Crippen LogP contribution is -2.37. The van der Waals surface area contributed by atoms with Gasteiger partial charge >= 0.3 is 11.9 Å². The van der Waals surface area contributed by atoms with Crippen LogP contribution in [0.1, 0.15) is 232 Å². The van der Waals surface area contributed by atoms with Gasteiger partial charge in [-0.05, 0) is 12.8 Å². The summed E-state index contributed by atoms with van der Waals surface area (Å²) in [5, 5.41) is 0. The molecule has 10 heteroatoms. The third-order valence-electron chi connectivity index (χ3n) is 10.6. The fourth-order valence-corrected chi connectivity index (χ4v) is 7.62. The predicted octanol–water partition coefficient (Wildman–Crippen LogP) is 13.0. The molecule has 0 saturated heterocycles. The molecule has 0 aliphatic carbocycles. The number of ether oxygens (including phenoxy) is 2. The summed E-state index contributed by atoms with van der Waals surface area (Å²) >= 11 is 0. The van der Waals surface area contributed by atoms with Gasteiger partial charge in [0.2, 0.25) is 0 Å². The molecule has 0 aliphatic rings. The van der Waals surface area contributed by atoms with Crippen molar-refractivity contribution in [1.29, 1.82) is 0 Å². The molecule has 0 N–H and O–H groups in total. The summed E-state index contributed by atoms with van der Waals surface area (Å²) in [6.07, 6.45) is 39.9. The van der Waals surface area contributed by atoms with E-state index >= 15 is 0 Å². The van der Waals surface area contributed by atoms with Crippen molar-refractivity contribution in [3.8, 4) is 0 Å². The number of quaternary nitrogens is 1. The van der Waals surface area contributed by atoms with E-state index < -0.39 is 26.5 Å². The second kappa shape index (κ2) is 39.5. The Kier molecular flexibility index (Phi) is 38.8. The first-order chi connectivity index (χ1) is 27.0. The highest BCUT2D eigenvalue weighted by atomic mass is 31.2. The van der Waals surface area contributed by atoms with E-state index in [1.54, 1.807) is 0 Å². The lowest BCUT2D eigenvalue weighted by atomic mass is 10.0. The van der Waals surface area contributed by atoms with E-state index in [0.29, 0.717) is 17.4 Å². The number of rotatable bonds is 44. The molecule has 0 aromatic rings. The van der Waals surface area contributed by atoms with Crippen LogP contribution in [0.15, 0.2) is 0 Å². The van der Waals surface area contributed by atoms with Gasteiger partial charge < -0.3 is 27.9 Å². The SMILES string of the molecule is CCCCCCCCCCCCCCCCCCCCCCC(=O)OCC(COP(=O)([O-])OCC[N+](C)(C)C)OC(=O)CCCCCCCCCCCCCC. The smallest absolute Gasteiger partial charge is 0.306 e. The first-order valence-electron chi connectivity index (χ1n) is 23.7. The number of carbonyl (C=O) groups excluding carboxylic acids is 2. The van der Waals surface area contributed by atoms with Crippen molar-refractivity contribution >= 4 is 19.8 Å². The van der Waals surface area contributed by atoms with Gasteiger partial charge in [0.25, 0.3) is 7.82 Å². The van der Waals surface area contributed by atoms with Gasteiger partial charge in [0.05, 0.1) is 27.7 Å². The van der Waals surface area contributed by atoms with Gasteiger partial charge in [-0.15, -0.1) is 0 Å². The summed E-state index contributed by atoms with van der Waals surface area (Å²) in [5.74, 6) is -0.818. The van der Waals surface area contributed by atoms with Crippen molar-refractivity contribution in [2.24, 2.45) is 0 Å². The molecule has 0 radical (unpaired) electrons. The number of phosphoric acid groups is 1. The number of esters is 2. The molecule has 0 spiro atoms. The van der Waals surface area contributed by atoms with Crippen molar-refractivity contribution in [2.45, 2.75) is 238 Å². The number of unbranched alkanes of at least 4 members (excludes halogenated alkanes) is 30. The Morgan fingerprint density at radius 1 is 0.482 bits per heavy atom. The van der Waals surface area contributed by atoms with Gasteiger partial charge in [0.1, 0.15) is 19.8 Å². The Bertz CT molecular complexity index is 927. The topological polar surface area (TPSA) is 111 Å². The van der Waals surface area contributed by atoms with Gasteiger partial charge in [0.15, 0.2) is 6.10 Å². The molecule has 0 aromatic carbocycles. The van der Waals surface area contributed by atoms with E-state index in [1.165, 1.54) is 167 Å². The van der Waals surface area contributed by atoms with Crippen LogP contribution in [0.3, 0.4) is 0 Å². The molecule has 0 heterocycles. The fourth-order valence-electron chi connectivity index (χ4n) is 6.89. The van der Waals surface area contributed by atoms with Crippen molar-refractivity contribution in [3.63, 3.8) is 0 Å². The summed E-state index contributed by atoms with van der Waals surface area (Å²) in [7, 11) is 1.18. The Morgan fingerprint density at radius 2 is 0.804 bits per heavy atom. The maximum absolute atomic E-state index is 12.7. The minimum absolute atomic E-state index is 0.0256. The lowest BCUT2D eigenvalue weighted by molar-refractivity contribution is -0.870. The summed E-state index contributed by atoms with van der Waals surface area (Å²) in [6.45, 7) is 4.27. The number of carbonyl (C=O) groups is 2. The minimum Gasteiger partial charge on any atom is -0.756 e. The predicted molar refractivity (Wildman–Crippen MR) is 232 cm³/mol. The van der Waals surface area contributed by atoms with Gasteiger partial charge in [-0.3, -0.25) is 14.2 Å². The lowest BCUT2D eigenvalue weighted by Gasteiger charge is -2.28. The van der Waals surface area contributed by atoms with E-state index in [0.717, 1.165) is 32.1 Å². The average Bonchev–Trinajstić information content (AvgIpc) is 3.15. The summed E-state index contributed by atoms with van der Waals surface area (Å²) in [4.78, 5) is 37.5. The number of phosphoric ester groups is 1. The molecule has 0 saturated carbocycles.